The van der Waals surface area contributed by atoms with Crippen molar-refractivity contribution in [2.75, 3.05) is 0 Å². The van der Waals surface area contributed by atoms with E-state index < -0.39 is 24.8 Å². The van der Waals surface area contributed by atoms with E-state index in [-0.39, 0.29) is 6.92 Å². The lowest BCUT2D eigenvalue weighted by atomic mass is 10.4. The van der Waals surface area contributed by atoms with Crippen LogP contribution in [0.25, 0.3) is 0 Å². The third-order valence-corrected chi connectivity index (χ3v) is 0.735. The Kier molecular flexibility index (Phi) is 3.18. The summed E-state index contributed by atoms with van der Waals surface area (Å²) in [6.07, 6.45) is -17.2. The van der Waals surface area contributed by atoms with Crippen molar-refractivity contribution in [1.29, 1.82) is 0 Å². The van der Waals surface area contributed by atoms with Gasteiger partial charge in [0.25, 0.3) is 0 Å². The third kappa shape index (κ3) is 7.82. The summed E-state index contributed by atoms with van der Waals surface area (Å²) in [5.41, 5.74) is 0. The summed E-state index contributed by atoms with van der Waals surface area (Å²) in [7, 11) is 0. The molecule has 0 spiro atoms. The maximum Gasteiger partial charge on any atom is 0.397 e. The second-order valence-corrected chi connectivity index (χ2v) is 2.34. The molecule has 0 N–H and O–H groups in total. The first-order valence-corrected chi connectivity index (χ1v) is 2.94. The first kappa shape index (κ1) is 12.5. The smallest absolute Gasteiger partial charge is 0.255 e. The van der Waals surface area contributed by atoms with Crippen LogP contribution in [0.5, 0.6) is 0 Å². The molecule has 0 aromatic carbocycles. The summed E-state index contributed by atoms with van der Waals surface area (Å²) < 4.78 is 84.0. The van der Waals surface area contributed by atoms with Crippen LogP contribution in [0.4, 0.5) is 30.7 Å². The molecule has 0 amide bonds. The predicted octanol–water partition coefficient (Wildman–Crippen LogP) is 3.16. The van der Waals surface area contributed by atoms with Crippen LogP contribution in [-0.4, -0.2) is 18.4 Å². The Hall–Kier alpha value is -0.530. The highest BCUT2D eigenvalue weighted by molar-refractivity contribution is 4.62. The minimum atomic E-state index is -5.26. The van der Waals surface area contributed by atoms with Crippen LogP contribution in [0.2, 0.25) is 0 Å². The van der Waals surface area contributed by atoms with Crippen LogP contribution in [0.15, 0.2) is 0 Å². The highest BCUT2D eigenvalue weighted by Gasteiger charge is 2.49. The van der Waals surface area contributed by atoms with E-state index in [1.807, 2.05) is 0 Å². The van der Waals surface area contributed by atoms with Gasteiger partial charge in [0, 0.05) is 6.92 Å². The second kappa shape index (κ2) is 3.32. The maximum absolute atomic E-state index is 12.0. The Bertz CT molecular complexity index is 149. The monoisotopic (exact) mass is 214 g/mol. The fraction of sp³-hybridized carbons (Fsp3) is 1.00. The van der Waals surface area contributed by atoms with E-state index in [1.165, 1.54) is 0 Å². The van der Waals surface area contributed by atoms with Crippen molar-refractivity contribution in [3.05, 3.63) is 0 Å². The van der Waals surface area contributed by atoms with Crippen LogP contribution in [0.3, 0.4) is 0 Å². The van der Waals surface area contributed by atoms with Gasteiger partial charge < -0.3 is 0 Å². The second-order valence-electron chi connectivity index (χ2n) is 2.34. The largest absolute Gasteiger partial charge is 0.397 e. The molecule has 0 unspecified atom stereocenters. The van der Waals surface area contributed by atoms with Crippen molar-refractivity contribution in [3.8, 4) is 0 Å². The van der Waals surface area contributed by atoms with Gasteiger partial charge in [-0.25, -0.2) is 0 Å². The third-order valence-electron chi connectivity index (χ3n) is 0.735. The first-order valence-electron chi connectivity index (χ1n) is 2.94. The molecule has 0 fully saturated rings. The summed E-state index contributed by atoms with van der Waals surface area (Å²) in [6.45, 7) is -0.0721. The SMILES string of the molecule is CC(F)(F)OC(F)(F)CC(F)(F)F. The van der Waals surface area contributed by atoms with Crippen LogP contribution in [-0.2, 0) is 4.74 Å². The summed E-state index contributed by atoms with van der Waals surface area (Å²) in [5.74, 6) is 0. The molecule has 0 saturated heterocycles. The minimum Gasteiger partial charge on any atom is -0.255 e. The van der Waals surface area contributed by atoms with E-state index in [0.717, 1.165) is 0 Å². The molecular formula is C5H5F7O. The molecule has 13 heavy (non-hydrogen) atoms. The first-order chi connectivity index (χ1) is 5.41. The molecule has 0 aromatic rings. The van der Waals surface area contributed by atoms with E-state index in [4.69, 9.17) is 0 Å². The van der Waals surface area contributed by atoms with E-state index in [9.17, 15) is 30.7 Å². The van der Waals surface area contributed by atoms with Crippen molar-refractivity contribution < 1.29 is 35.5 Å². The fourth-order valence-electron chi connectivity index (χ4n) is 0.532. The van der Waals surface area contributed by atoms with Crippen molar-refractivity contribution in [3.63, 3.8) is 0 Å². The molecule has 0 aliphatic heterocycles. The van der Waals surface area contributed by atoms with Gasteiger partial charge in [-0.2, -0.15) is 30.7 Å². The normalized spacial score (nSPS) is 14.8. The molecule has 0 aliphatic rings. The summed E-state index contributed by atoms with van der Waals surface area (Å²) in [4.78, 5) is 0. The number of halogens is 7. The highest BCUT2D eigenvalue weighted by atomic mass is 19.4. The van der Waals surface area contributed by atoms with E-state index in [1.54, 1.807) is 0 Å². The average molecular weight is 214 g/mol. The molecule has 0 saturated carbocycles. The van der Waals surface area contributed by atoms with Crippen molar-refractivity contribution in [2.24, 2.45) is 0 Å². The average Bonchev–Trinajstić information content (AvgIpc) is 1.43. The summed E-state index contributed by atoms with van der Waals surface area (Å²) >= 11 is 0. The van der Waals surface area contributed by atoms with Crippen molar-refractivity contribution in [1.82, 2.24) is 0 Å². The number of rotatable bonds is 3. The standard InChI is InChI=1S/C5H5F7O/c1-3(6,7)13-5(11,12)2-4(8,9)10/h2H2,1H3. The van der Waals surface area contributed by atoms with Gasteiger partial charge in [-0.15, -0.1) is 0 Å². The Labute approximate surface area is 68.5 Å². The van der Waals surface area contributed by atoms with E-state index >= 15 is 0 Å². The van der Waals surface area contributed by atoms with E-state index in [0.29, 0.717) is 0 Å². The molecule has 8 heteroatoms. The quantitative estimate of drug-likeness (QED) is 0.655. The molecule has 0 rings (SSSR count). The van der Waals surface area contributed by atoms with Gasteiger partial charge >= 0.3 is 18.4 Å². The number of ether oxygens (including phenoxy) is 1. The van der Waals surface area contributed by atoms with Crippen LogP contribution < -0.4 is 0 Å². The Balaban J connectivity index is 4.25. The van der Waals surface area contributed by atoms with Crippen molar-refractivity contribution >= 4 is 0 Å². The van der Waals surface area contributed by atoms with Gasteiger partial charge in [-0.1, -0.05) is 0 Å². The Morgan fingerprint density at radius 2 is 1.31 bits per heavy atom. The maximum atomic E-state index is 12.0. The number of hydrogen-bond acceptors (Lipinski definition) is 1. The van der Waals surface area contributed by atoms with Gasteiger partial charge in [0.1, 0.15) is 6.42 Å². The molecule has 0 heterocycles. The highest BCUT2D eigenvalue weighted by Crippen LogP contribution is 2.36. The van der Waals surface area contributed by atoms with Crippen LogP contribution in [0, 0.1) is 0 Å². The van der Waals surface area contributed by atoms with Gasteiger partial charge in [0.15, 0.2) is 0 Å². The van der Waals surface area contributed by atoms with E-state index in [2.05, 4.69) is 4.74 Å². The molecule has 0 atom stereocenters. The molecule has 80 valence electrons. The lowest BCUT2D eigenvalue weighted by Gasteiger charge is -2.21. The number of hydrogen-bond donors (Lipinski definition) is 0. The molecule has 0 aliphatic carbocycles. The zero-order valence-corrected chi connectivity index (χ0v) is 6.26. The predicted molar refractivity (Wildman–Crippen MR) is 27.3 cm³/mol. The Morgan fingerprint density at radius 1 is 0.923 bits per heavy atom. The zero-order valence-electron chi connectivity index (χ0n) is 6.26. The lowest BCUT2D eigenvalue weighted by molar-refractivity contribution is -0.386. The zero-order chi connectivity index (χ0) is 10.9. The lowest BCUT2D eigenvalue weighted by Crippen LogP contribution is -2.35. The fourth-order valence-corrected chi connectivity index (χ4v) is 0.532. The topological polar surface area (TPSA) is 9.23 Å². The van der Waals surface area contributed by atoms with Crippen LogP contribution >= 0.6 is 0 Å². The molecular weight excluding hydrogens is 209 g/mol. The Morgan fingerprint density at radius 3 is 1.54 bits per heavy atom. The van der Waals surface area contributed by atoms with Crippen molar-refractivity contribution in [2.45, 2.75) is 31.7 Å². The molecule has 0 radical (unpaired) electrons. The van der Waals surface area contributed by atoms with Gasteiger partial charge in [0.2, 0.25) is 0 Å². The molecule has 0 bridgehead atoms. The number of alkyl halides is 7. The molecule has 1 nitrogen and oxygen atoms in total. The van der Waals surface area contributed by atoms with Gasteiger partial charge in [-0.3, -0.25) is 4.74 Å². The van der Waals surface area contributed by atoms with Gasteiger partial charge in [-0.05, 0) is 0 Å². The summed E-state index contributed by atoms with van der Waals surface area (Å²) in [5, 5.41) is 0. The molecule has 0 aromatic heterocycles. The van der Waals surface area contributed by atoms with Gasteiger partial charge in [0.05, 0.1) is 0 Å². The summed E-state index contributed by atoms with van der Waals surface area (Å²) in [6, 6.07) is 0. The van der Waals surface area contributed by atoms with Crippen LogP contribution in [0.1, 0.15) is 13.3 Å². The minimum absolute atomic E-state index is 0.0721.